The lowest BCUT2D eigenvalue weighted by Crippen LogP contribution is -2.47. The summed E-state index contributed by atoms with van der Waals surface area (Å²) in [5.41, 5.74) is 5.85. The van der Waals surface area contributed by atoms with Crippen LogP contribution in [0.4, 0.5) is 0 Å². The van der Waals surface area contributed by atoms with Crippen molar-refractivity contribution < 1.29 is 4.74 Å². The first kappa shape index (κ1) is 21.1. The summed E-state index contributed by atoms with van der Waals surface area (Å²) >= 11 is 0. The molecule has 0 aliphatic carbocycles. The molecule has 0 spiro atoms. The highest BCUT2D eigenvalue weighted by Gasteiger charge is 2.24. The molecule has 2 rings (SSSR count). The number of likely N-dealkylation sites (tertiary alicyclic amines) is 2. The second kappa shape index (κ2) is 10.8. The quantitative estimate of drug-likeness (QED) is 0.641. The van der Waals surface area contributed by atoms with Crippen LogP contribution in [-0.2, 0) is 4.74 Å². The average Bonchev–Trinajstić information content (AvgIpc) is 2.64. The van der Waals surface area contributed by atoms with Crippen LogP contribution in [0.1, 0.15) is 46.5 Å². The zero-order chi connectivity index (χ0) is 18.2. The predicted octanol–water partition coefficient (Wildman–Crippen LogP) is 1.87. The van der Waals surface area contributed by atoms with Gasteiger partial charge in [-0.2, -0.15) is 0 Å². The normalized spacial score (nSPS) is 25.8. The molecule has 2 heterocycles. The molecule has 0 aromatic heterocycles. The van der Waals surface area contributed by atoms with Gasteiger partial charge in [-0.3, -0.25) is 4.90 Å². The molecule has 2 aliphatic heterocycles. The van der Waals surface area contributed by atoms with Crippen LogP contribution in [0.25, 0.3) is 0 Å². The highest BCUT2D eigenvalue weighted by Crippen LogP contribution is 2.18. The number of rotatable bonds is 9. The highest BCUT2D eigenvalue weighted by atomic mass is 16.5. The molecule has 0 bridgehead atoms. The third-order valence-corrected chi connectivity index (χ3v) is 6.31. The van der Waals surface area contributed by atoms with Crippen molar-refractivity contribution >= 4 is 0 Å². The molecule has 2 saturated heterocycles. The van der Waals surface area contributed by atoms with Gasteiger partial charge in [0.25, 0.3) is 0 Å². The standard InChI is InChI=1S/C20H42N4O/c1-17(2)23-10-7-20(8-11-23)22(4)12-13-25-16-18(3)24-9-5-6-19(14-21)15-24/h17-20H,5-16,21H2,1-4H3. The number of hydrogen-bond acceptors (Lipinski definition) is 5. The molecule has 0 aromatic carbocycles. The SMILES string of the molecule is CC(C)N1CCC(N(C)CCOCC(C)N2CCCC(CN)C2)CC1. The maximum absolute atomic E-state index is 6.01. The molecule has 2 unspecified atom stereocenters. The minimum Gasteiger partial charge on any atom is -0.379 e. The summed E-state index contributed by atoms with van der Waals surface area (Å²) in [5.74, 6) is 0.680. The molecule has 5 nitrogen and oxygen atoms in total. The van der Waals surface area contributed by atoms with Crippen LogP contribution in [0.15, 0.2) is 0 Å². The van der Waals surface area contributed by atoms with Crippen molar-refractivity contribution in [2.24, 2.45) is 11.7 Å². The van der Waals surface area contributed by atoms with Crippen LogP contribution < -0.4 is 5.73 Å². The van der Waals surface area contributed by atoms with Crippen LogP contribution in [0.2, 0.25) is 0 Å². The molecule has 2 aliphatic rings. The third-order valence-electron chi connectivity index (χ3n) is 6.31. The number of hydrogen-bond donors (Lipinski definition) is 1. The molecule has 25 heavy (non-hydrogen) atoms. The Balaban J connectivity index is 1.57. The topological polar surface area (TPSA) is 45.0 Å². The maximum atomic E-state index is 6.01. The fourth-order valence-corrected chi connectivity index (χ4v) is 4.28. The van der Waals surface area contributed by atoms with E-state index in [1.165, 1.54) is 45.3 Å². The van der Waals surface area contributed by atoms with Gasteiger partial charge in [-0.1, -0.05) is 0 Å². The lowest BCUT2D eigenvalue weighted by molar-refractivity contribution is 0.0294. The van der Waals surface area contributed by atoms with Crippen molar-refractivity contribution in [2.75, 3.05) is 59.5 Å². The zero-order valence-corrected chi connectivity index (χ0v) is 17.1. The molecule has 0 aromatic rings. The zero-order valence-electron chi connectivity index (χ0n) is 17.1. The van der Waals surface area contributed by atoms with Gasteiger partial charge in [-0.15, -0.1) is 0 Å². The Morgan fingerprint density at radius 2 is 1.80 bits per heavy atom. The van der Waals surface area contributed by atoms with E-state index < -0.39 is 0 Å². The third kappa shape index (κ3) is 6.79. The van der Waals surface area contributed by atoms with E-state index in [4.69, 9.17) is 10.5 Å². The number of ether oxygens (including phenoxy) is 1. The van der Waals surface area contributed by atoms with Crippen molar-refractivity contribution in [2.45, 2.75) is 64.6 Å². The molecule has 148 valence electrons. The van der Waals surface area contributed by atoms with Crippen molar-refractivity contribution in [1.29, 1.82) is 0 Å². The number of piperidine rings is 2. The first-order chi connectivity index (χ1) is 12.0. The molecule has 0 amide bonds. The fourth-order valence-electron chi connectivity index (χ4n) is 4.28. The van der Waals surface area contributed by atoms with Gasteiger partial charge in [-0.05, 0) is 85.6 Å². The molecule has 5 heteroatoms. The van der Waals surface area contributed by atoms with Crippen molar-refractivity contribution in [3.63, 3.8) is 0 Å². The summed E-state index contributed by atoms with van der Waals surface area (Å²) in [7, 11) is 2.26. The van der Waals surface area contributed by atoms with E-state index in [1.54, 1.807) is 0 Å². The largest absolute Gasteiger partial charge is 0.379 e. The fraction of sp³-hybridized carbons (Fsp3) is 1.00. The second-order valence-electron chi connectivity index (χ2n) is 8.50. The maximum Gasteiger partial charge on any atom is 0.0619 e. The van der Waals surface area contributed by atoms with Crippen LogP contribution in [0, 0.1) is 5.92 Å². The monoisotopic (exact) mass is 354 g/mol. The molecular formula is C20H42N4O. The van der Waals surface area contributed by atoms with Crippen molar-refractivity contribution in [3.05, 3.63) is 0 Å². The number of nitrogens with two attached hydrogens (primary N) is 1. The molecule has 2 fully saturated rings. The number of nitrogens with zero attached hydrogens (tertiary/aromatic N) is 3. The van der Waals surface area contributed by atoms with E-state index in [-0.39, 0.29) is 0 Å². The van der Waals surface area contributed by atoms with Gasteiger partial charge in [0.05, 0.1) is 13.2 Å². The first-order valence-electron chi connectivity index (χ1n) is 10.5. The van der Waals surface area contributed by atoms with Gasteiger partial charge < -0.3 is 20.3 Å². The summed E-state index contributed by atoms with van der Waals surface area (Å²) in [5, 5.41) is 0. The summed E-state index contributed by atoms with van der Waals surface area (Å²) in [6, 6.07) is 1.92. The molecule has 0 saturated carbocycles. The Hall–Kier alpha value is -0.200. The van der Waals surface area contributed by atoms with Crippen molar-refractivity contribution in [3.8, 4) is 0 Å². The van der Waals surface area contributed by atoms with Crippen molar-refractivity contribution in [1.82, 2.24) is 14.7 Å². The van der Waals surface area contributed by atoms with E-state index in [2.05, 4.69) is 42.5 Å². The lowest BCUT2D eigenvalue weighted by atomic mass is 9.97. The minimum absolute atomic E-state index is 0.508. The number of likely N-dealkylation sites (N-methyl/N-ethyl adjacent to an activating group) is 1. The van der Waals surface area contributed by atoms with E-state index in [0.717, 1.165) is 38.9 Å². The predicted molar refractivity (Wildman–Crippen MR) is 106 cm³/mol. The summed E-state index contributed by atoms with van der Waals surface area (Å²) < 4.78 is 6.01. The summed E-state index contributed by atoms with van der Waals surface area (Å²) in [6.45, 7) is 15.3. The van der Waals surface area contributed by atoms with E-state index in [9.17, 15) is 0 Å². The first-order valence-corrected chi connectivity index (χ1v) is 10.5. The van der Waals surface area contributed by atoms with Crippen LogP contribution in [0.3, 0.4) is 0 Å². The molecule has 0 radical (unpaired) electrons. The van der Waals surface area contributed by atoms with Gasteiger partial charge >= 0.3 is 0 Å². The van der Waals surface area contributed by atoms with Gasteiger partial charge in [0, 0.05) is 31.2 Å². The van der Waals surface area contributed by atoms with Crippen LogP contribution in [-0.4, -0.2) is 92.4 Å². The van der Waals surface area contributed by atoms with Crippen LogP contribution in [0.5, 0.6) is 0 Å². The Kier molecular flexibility index (Phi) is 9.14. The van der Waals surface area contributed by atoms with Gasteiger partial charge in [0.15, 0.2) is 0 Å². The highest BCUT2D eigenvalue weighted by molar-refractivity contribution is 4.80. The smallest absolute Gasteiger partial charge is 0.0619 e. The minimum atomic E-state index is 0.508. The average molecular weight is 355 g/mol. The Labute approximate surface area is 155 Å². The Morgan fingerprint density at radius 3 is 2.44 bits per heavy atom. The Bertz CT molecular complexity index is 358. The molecule has 2 atom stereocenters. The van der Waals surface area contributed by atoms with Gasteiger partial charge in [0.2, 0.25) is 0 Å². The molecule has 2 N–H and O–H groups in total. The molecular weight excluding hydrogens is 312 g/mol. The van der Waals surface area contributed by atoms with E-state index in [1.807, 2.05) is 0 Å². The summed E-state index contributed by atoms with van der Waals surface area (Å²) in [4.78, 5) is 7.66. The van der Waals surface area contributed by atoms with Gasteiger partial charge in [0.1, 0.15) is 0 Å². The van der Waals surface area contributed by atoms with E-state index >= 15 is 0 Å². The van der Waals surface area contributed by atoms with E-state index in [0.29, 0.717) is 18.0 Å². The lowest BCUT2D eigenvalue weighted by Gasteiger charge is -2.38. The second-order valence-corrected chi connectivity index (χ2v) is 8.50. The van der Waals surface area contributed by atoms with Crippen LogP contribution >= 0.6 is 0 Å². The van der Waals surface area contributed by atoms with Gasteiger partial charge in [-0.25, -0.2) is 0 Å². The summed E-state index contributed by atoms with van der Waals surface area (Å²) in [6.07, 6.45) is 5.16. The Morgan fingerprint density at radius 1 is 1.08 bits per heavy atom.